The molecule has 0 saturated heterocycles. The second kappa shape index (κ2) is 7.89. The fraction of sp³-hybridized carbons (Fsp3) is 0.542. The van der Waals surface area contributed by atoms with E-state index in [2.05, 4.69) is 11.1 Å². The minimum absolute atomic E-state index is 0.0766. The van der Waals surface area contributed by atoms with Crippen LogP contribution in [0.5, 0.6) is 0 Å². The summed E-state index contributed by atoms with van der Waals surface area (Å²) < 4.78 is 6.10. The highest BCUT2D eigenvalue weighted by Gasteiger charge is 2.35. The van der Waals surface area contributed by atoms with Gasteiger partial charge in [-0.05, 0) is 77.8 Å². The minimum Gasteiger partial charge on any atom is -0.479 e. The number of aliphatic carboxylic acids is 1. The van der Waals surface area contributed by atoms with E-state index in [-0.39, 0.29) is 5.92 Å². The van der Waals surface area contributed by atoms with Gasteiger partial charge in [0.15, 0.2) is 6.10 Å². The predicted molar refractivity (Wildman–Crippen MR) is 122 cm³/mol. The van der Waals surface area contributed by atoms with Crippen molar-refractivity contribution < 1.29 is 14.6 Å². The number of thiophene rings is 1. The number of pyridine rings is 1. The summed E-state index contributed by atoms with van der Waals surface area (Å²) in [5, 5.41) is 11.3. The molecule has 0 aromatic carbocycles. The molecule has 1 aliphatic carbocycles. The molecule has 2 aromatic rings. The van der Waals surface area contributed by atoms with Crippen LogP contribution in [0.4, 0.5) is 0 Å². The van der Waals surface area contributed by atoms with Crippen molar-refractivity contribution in [1.29, 1.82) is 0 Å². The van der Waals surface area contributed by atoms with Crippen LogP contribution in [0, 0.1) is 6.92 Å². The first kappa shape index (κ1) is 21.2. The van der Waals surface area contributed by atoms with Crippen LogP contribution in [-0.4, -0.2) is 27.4 Å². The molecule has 2 atom stereocenters. The Morgan fingerprint density at radius 2 is 2.00 bits per heavy atom. The van der Waals surface area contributed by atoms with Gasteiger partial charge in [-0.2, -0.15) is 0 Å². The molecule has 0 saturated carbocycles. The van der Waals surface area contributed by atoms with Crippen LogP contribution in [-0.2, 0) is 22.4 Å². The molecule has 1 aliphatic heterocycles. The molecule has 1 unspecified atom stereocenters. The Morgan fingerprint density at radius 1 is 1.27 bits per heavy atom. The fourth-order valence-electron chi connectivity index (χ4n) is 4.66. The molecular weight excluding hydrogens is 396 g/mol. The largest absolute Gasteiger partial charge is 0.479 e. The monoisotopic (exact) mass is 426 g/mol. The van der Waals surface area contributed by atoms with E-state index in [9.17, 15) is 9.90 Å². The van der Waals surface area contributed by atoms with Crippen LogP contribution >= 0.6 is 11.3 Å². The average Bonchev–Trinajstić information content (AvgIpc) is 3.02. The first-order chi connectivity index (χ1) is 14.2. The SMILES string of the molecule is CC1=NC=CC(c2c([C@@H](OC(C)(C)C)C(=O)O)c(C)nc3sc4c(c23)CCCC4)C1. The number of aromatic nitrogens is 1. The first-order valence-electron chi connectivity index (χ1n) is 10.7. The number of carboxylic acid groups (broad SMARTS) is 1. The normalized spacial score (nSPS) is 20.2. The number of nitrogens with zero attached hydrogens (tertiary/aromatic N) is 2. The van der Waals surface area contributed by atoms with Crippen molar-refractivity contribution in [3.8, 4) is 0 Å². The highest BCUT2D eigenvalue weighted by Crippen LogP contribution is 2.45. The number of carboxylic acids is 1. The van der Waals surface area contributed by atoms with Crippen LogP contribution in [0.2, 0.25) is 0 Å². The van der Waals surface area contributed by atoms with E-state index in [4.69, 9.17) is 9.72 Å². The lowest BCUT2D eigenvalue weighted by atomic mass is 9.82. The number of hydrogen-bond acceptors (Lipinski definition) is 5. The van der Waals surface area contributed by atoms with E-state index in [1.54, 1.807) is 11.3 Å². The molecule has 4 rings (SSSR count). The Kier molecular flexibility index (Phi) is 5.58. The Morgan fingerprint density at radius 3 is 2.67 bits per heavy atom. The number of rotatable bonds is 4. The van der Waals surface area contributed by atoms with Gasteiger partial charge < -0.3 is 9.84 Å². The first-order valence-corrected chi connectivity index (χ1v) is 11.5. The van der Waals surface area contributed by atoms with Gasteiger partial charge in [-0.1, -0.05) is 6.08 Å². The number of ether oxygens (including phenoxy) is 1. The maximum absolute atomic E-state index is 12.4. The molecule has 1 N–H and O–H groups in total. The number of hydrogen-bond donors (Lipinski definition) is 1. The van der Waals surface area contributed by atoms with Crippen molar-refractivity contribution >= 4 is 33.2 Å². The minimum atomic E-state index is -1.05. The van der Waals surface area contributed by atoms with Gasteiger partial charge in [0.25, 0.3) is 0 Å². The Bertz CT molecular complexity index is 1060. The third-order valence-electron chi connectivity index (χ3n) is 5.83. The molecule has 2 aliphatic rings. The predicted octanol–water partition coefficient (Wildman–Crippen LogP) is 5.89. The Balaban J connectivity index is 2.02. The highest BCUT2D eigenvalue weighted by molar-refractivity contribution is 7.18. The number of allylic oxidation sites excluding steroid dienone is 1. The summed E-state index contributed by atoms with van der Waals surface area (Å²) in [7, 11) is 0. The number of aliphatic imine (C=N–C) groups is 1. The Labute approximate surface area is 181 Å². The van der Waals surface area contributed by atoms with Crippen LogP contribution in [0.3, 0.4) is 0 Å². The molecule has 0 fully saturated rings. The summed E-state index contributed by atoms with van der Waals surface area (Å²) in [6.45, 7) is 9.65. The third kappa shape index (κ3) is 3.95. The second-order valence-electron chi connectivity index (χ2n) is 9.38. The zero-order valence-electron chi connectivity index (χ0n) is 18.4. The van der Waals surface area contributed by atoms with E-state index in [0.29, 0.717) is 0 Å². The molecule has 2 aromatic heterocycles. The van der Waals surface area contributed by atoms with Crippen molar-refractivity contribution in [2.75, 3.05) is 0 Å². The van der Waals surface area contributed by atoms with Crippen LogP contribution in [0.15, 0.2) is 17.3 Å². The van der Waals surface area contributed by atoms with Crippen molar-refractivity contribution in [2.24, 2.45) is 4.99 Å². The fourth-order valence-corrected chi connectivity index (χ4v) is 5.99. The van der Waals surface area contributed by atoms with Crippen molar-refractivity contribution in [3.63, 3.8) is 0 Å². The maximum atomic E-state index is 12.4. The molecule has 0 bridgehead atoms. The van der Waals surface area contributed by atoms with Gasteiger partial charge in [-0.25, -0.2) is 9.78 Å². The van der Waals surface area contributed by atoms with E-state index in [1.165, 1.54) is 28.7 Å². The molecule has 0 radical (unpaired) electrons. The van der Waals surface area contributed by atoms with Gasteiger partial charge in [-0.3, -0.25) is 4.99 Å². The summed E-state index contributed by atoms with van der Waals surface area (Å²) in [6, 6.07) is 0. The van der Waals surface area contributed by atoms with Crippen LogP contribution in [0.1, 0.15) is 86.2 Å². The number of carbonyl (C=O) groups is 1. The zero-order valence-corrected chi connectivity index (χ0v) is 19.2. The van der Waals surface area contributed by atoms with Gasteiger partial charge >= 0.3 is 5.97 Å². The van der Waals surface area contributed by atoms with E-state index >= 15 is 0 Å². The van der Waals surface area contributed by atoms with E-state index in [1.807, 2.05) is 40.8 Å². The lowest BCUT2D eigenvalue weighted by Crippen LogP contribution is -2.29. The Hall–Kier alpha value is -2.05. The summed E-state index contributed by atoms with van der Waals surface area (Å²) in [6.07, 6.45) is 8.20. The maximum Gasteiger partial charge on any atom is 0.337 e. The van der Waals surface area contributed by atoms with Gasteiger partial charge in [0.2, 0.25) is 0 Å². The lowest BCUT2D eigenvalue weighted by Gasteiger charge is -2.30. The standard InChI is InChI=1S/C24H30N2O3S/c1-13-12-15(10-11-25-13)19-18(21(23(27)28)29-24(3,4)5)14(2)26-22-20(19)16-8-6-7-9-17(16)30-22/h10-11,15,21H,6-9,12H2,1-5H3,(H,27,28)/t15?,21-/m1/s1. The summed E-state index contributed by atoms with van der Waals surface area (Å²) >= 11 is 1.78. The molecule has 160 valence electrons. The van der Waals surface area contributed by atoms with Crippen molar-refractivity contribution in [3.05, 3.63) is 39.5 Å². The van der Waals surface area contributed by atoms with Crippen molar-refractivity contribution in [2.45, 2.75) is 84.3 Å². The molecule has 30 heavy (non-hydrogen) atoms. The van der Waals surface area contributed by atoms with Crippen LogP contribution in [0.25, 0.3) is 10.2 Å². The quantitative estimate of drug-likeness (QED) is 0.662. The average molecular weight is 427 g/mol. The van der Waals surface area contributed by atoms with Crippen LogP contribution < -0.4 is 0 Å². The molecular formula is C24H30N2O3S. The second-order valence-corrected chi connectivity index (χ2v) is 10.5. The molecule has 3 heterocycles. The topological polar surface area (TPSA) is 71.8 Å². The summed E-state index contributed by atoms with van der Waals surface area (Å²) in [5.41, 5.74) is 4.40. The third-order valence-corrected chi connectivity index (χ3v) is 7.01. The van der Waals surface area contributed by atoms with Gasteiger partial charge in [-0.15, -0.1) is 11.3 Å². The molecule has 0 spiro atoms. The summed E-state index contributed by atoms with van der Waals surface area (Å²) in [5.74, 6) is -0.891. The molecule has 5 nitrogen and oxygen atoms in total. The zero-order chi connectivity index (χ0) is 21.6. The van der Waals surface area contributed by atoms with Gasteiger partial charge in [0, 0.05) is 39.4 Å². The molecule has 6 heteroatoms. The number of aryl methyl sites for hydroxylation is 3. The smallest absolute Gasteiger partial charge is 0.337 e. The van der Waals surface area contributed by atoms with Gasteiger partial charge in [0.05, 0.1) is 5.60 Å². The van der Waals surface area contributed by atoms with Crippen molar-refractivity contribution in [1.82, 2.24) is 4.98 Å². The van der Waals surface area contributed by atoms with E-state index in [0.717, 1.165) is 46.6 Å². The van der Waals surface area contributed by atoms with Gasteiger partial charge in [0.1, 0.15) is 4.83 Å². The highest BCUT2D eigenvalue weighted by atomic mass is 32.1. The molecule has 0 amide bonds. The summed E-state index contributed by atoms with van der Waals surface area (Å²) in [4.78, 5) is 24.2. The van der Waals surface area contributed by atoms with E-state index < -0.39 is 17.7 Å². The number of fused-ring (bicyclic) bond motifs is 3. The lowest BCUT2D eigenvalue weighted by molar-refractivity contribution is -0.160.